The summed E-state index contributed by atoms with van der Waals surface area (Å²) in [6, 6.07) is 25.2. The van der Waals surface area contributed by atoms with Crippen LogP contribution in [0, 0.1) is 37.1 Å². The normalized spacial score (nSPS) is 13.0. The number of nitrogens with zero attached hydrogens (tertiary/aromatic N) is 8. The van der Waals surface area contributed by atoms with Gasteiger partial charge in [0, 0.05) is 107 Å². The van der Waals surface area contributed by atoms with E-state index in [9.17, 15) is 45.5 Å². The fourth-order valence-corrected chi connectivity index (χ4v) is 11.2. The smallest absolute Gasteiger partial charge is 0.481 e. The van der Waals surface area contributed by atoms with Crippen molar-refractivity contribution in [3.05, 3.63) is 241 Å². The number of hydrogen-bond acceptors (Lipinski definition) is 16. The number of nitrogens with one attached hydrogen (secondary N) is 2. The molecule has 12 aromatic rings. The second-order valence-electron chi connectivity index (χ2n) is 24.0. The van der Waals surface area contributed by atoms with Crippen molar-refractivity contribution in [2.75, 3.05) is 14.2 Å². The van der Waals surface area contributed by atoms with Crippen LogP contribution in [0.15, 0.2) is 173 Å². The van der Waals surface area contributed by atoms with Gasteiger partial charge in [0.25, 0.3) is 0 Å². The van der Waals surface area contributed by atoms with Gasteiger partial charge in [-0.1, -0.05) is 36.4 Å². The van der Waals surface area contributed by atoms with E-state index in [0.717, 1.165) is 12.3 Å². The van der Waals surface area contributed by atoms with Crippen LogP contribution >= 0.6 is 15.9 Å². The van der Waals surface area contributed by atoms with Crippen LogP contribution in [0.2, 0.25) is 0 Å². The Bertz CT molecular complexity index is 5280. The van der Waals surface area contributed by atoms with Gasteiger partial charge in [-0.2, -0.15) is 27.8 Å². The molecule has 522 valence electrons. The van der Waals surface area contributed by atoms with Crippen LogP contribution in [0.5, 0.6) is 34.8 Å². The van der Waals surface area contributed by atoms with Crippen LogP contribution in [0.4, 0.5) is 35.1 Å². The van der Waals surface area contributed by atoms with Gasteiger partial charge in [-0.05, 0) is 140 Å². The van der Waals surface area contributed by atoms with Gasteiger partial charge in [0.05, 0.1) is 58.3 Å². The van der Waals surface area contributed by atoms with Gasteiger partial charge in [0.15, 0.2) is 57.1 Å². The van der Waals surface area contributed by atoms with Crippen LogP contribution < -0.4 is 35.3 Å². The number of benzene rings is 4. The number of aromatic nitrogens is 10. The van der Waals surface area contributed by atoms with E-state index in [4.69, 9.17) is 28.3 Å². The Kier molecular flexibility index (Phi) is 21.1. The molecule has 0 unspecified atom stereocenters. The first-order valence-corrected chi connectivity index (χ1v) is 31.7. The number of alkyl halides is 4. The average Bonchev–Trinajstić information content (AvgIpc) is 1.61. The second-order valence-corrected chi connectivity index (χ2v) is 24.8. The summed E-state index contributed by atoms with van der Waals surface area (Å²) in [4.78, 5) is 75.8. The summed E-state index contributed by atoms with van der Waals surface area (Å²) in [6.07, 6.45) is 10.1. The second kappa shape index (κ2) is 29.9. The molecule has 0 amide bonds. The standard InChI is InChI=1S/C33H23F4N5O4.C29H20BrF2N3O4.C10H15BF2N2O2/c1-17-29(19-4-6-21(34)7-5-19)31(44)23(15-39-17)26(43)12-18-3-8-27(24(35)11-18)46-28-9-10-38-25-13-22(32(45-2)41-30(25)28)20-14-40-42(16-20)33(36)37;1-15-26(17-4-6-18(31)7-5-17)28(37)19(14-34-15)23(36)12-16-3-8-24(21(32)11-16)39-25-9-10-33-22-13-20(30)29(38-2)35-27(22)25;1-9(2)10(3,4)17-11(16-9)7-5-14-15(6-7)8(12)13/h3-11,13-16,33H,12H2,1-2H3,(H,39,44);3-11,13-14H,12H2,1-2H3,(H,34,37);5-6,8H,1-4H3. The minimum Gasteiger partial charge on any atom is -0.481 e. The lowest BCUT2D eigenvalue weighted by Gasteiger charge is -2.32. The number of halogens is 9. The summed E-state index contributed by atoms with van der Waals surface area (Å²) in [5.74, 6) is -2.82. The van der Waals surface area contributed by atoms with Crippen molar-refractivity contribution >= 4 is 62.1 Å². The van der Waals surface area contributed by atoms with E-state index in [-0.39, 0.29) is 69.5 Å². The summed E-state index contributed by atoms with van der Waals surface area (Å²) < 4.78 is 143. The number of fused-ring (bicyclic) bond motifs is 2. The maximum absolute atomic E-state index is 15.3. The van der Waals surface area contributed by atoms with Crippen molar-refractivity contribution in [3.63, 3.8) is 0 Å². The molecule has 1 saturated heterocycles. The molecule has 1 fully saturated rings. The molecule has 20 nitrogen and oxygen atoms in total. The van der Waals surface area contributed by atoms with E-state index >= 15 is 8.78 Å². The maximum Gasteiger partial charge on any atom is 0.498 e. The van der Waals surface area contributed by atoms with Crippen LogP contribution in [-0.2, 0) is 22.2 Å². The van der Waals surface area contributed by atoms with Gasteiger partial charge in [0.1, 0.15) is 22.7 Å². The highest BCUT2D eigenvalue weighted by Gasteiger charge is 2.52. The molecule has 0 spiro atoms. The SMILES string of the molecule is CC1(C)OB(c2cnn(C(F)F)c2)OC1(C)C.COc1nc2c(Oc3ccc(CC(=O)c4c[nH]c(C)c(-c5ccc(F)cc5)c4=O)cc3F)ccnc2cc1-c1cnn(C(F)F)c1.COc1nc2c(Oc3ccc(CC(=O)c4c[nH]c(C)c(-c5ccc(F)cc5)c4=O)cc3F)ccnc2cc1Br. The molecule has 0 atom stereocenters. The number of ether oxygens (including phenoxy) is 4. The van der Waals surface area contributed by atoms with Crippen LogP contribution in [0.1, 0.15) is 84.0 Å². The molecule has 1 aliphatic rings. The lowest BCUT2D eigenvalue weighted by molar-refractivity contribution is 0.00578. The Morgan fingerprint density at radius 2 is 1.01 bits per heavy atom. The first-order chi connectivity index (χ1) is 48.6. The Morgan fingerprint density at radius 3 is 1.44 bits per heavy atom. The van der Waals surface area contributed by atoms with E-state index in [1.54, 1.807) is 38.1 Å². The molecular weight excluding hydrogens is 1410 g/mol. The number of carbonyl (C=O) groups is 2. The third-order valence-electron chi connectivity index (χ3n) is 16.7. The number of rotatable bonds is 18. The third-order valence-corrected chi connectivity index (χ3v) is 17.2. The molecule has 102 heavy (non-hydrogen) atoms. The number of ketones is 2. The highest BCUT2D eigenvalue weighted by molar-refractivity contribution is 9.10. The number of carbonyl (C=O) groups excluding carboxylic acids is 2. The van der Waals surface area contributed by atoms with Gasteiger partial charge in [0.2, 0.25) is 11.8 Å². The first-order valence-electron chi connectivity index (χ1n) is 30.9. The molecule has 0 saturated carbocycles. The lowest BCUT2D eigenvalue weighted by atomic mass is 9.82. The van der Waals surface area contributed by atoms with E-state index in [2.05, 4.69) is 56.0 Å². The van der Waals surface area contributed by atoms with Gasteiger partial charge < -0.3 is 38.2 Å². The van der Waals surface area contributed by atoms with Gasteiger partial charge in [-0.25, -0.2) is 36.9 Å². The monoisotopic (exact) mass is 1460 g/mol. The Balaban J connectivity index is 0.000000168. The predicted molar refractivity (Wildman–Crippen MR) is 365 cm³/mol. The van der Waals surface area contributed by atoms with Crippen molar-refractivity contribution in [3.8, 4) is 68.1 Å². The molecule has 9 heterocycles. The number of aryl methyl sites for hydroxylation is 2. The fourth-order valence-electron chi connectivity index (χ4n) is 10.7. The lowest BCUT2D eigenvalue weighted by Crippen LogP contribution is -2.41. The topological polar surface area (TPSA) is 242 Å². The van der Waals surface area contributed by atoms with Crippen LogP contribution in [0.3, 0.4) is 0 Å². The highest BCUT2D eigenvalue weighted by atomic mass is 79.9. The molecule has 30 heteroatoms. The summed E-state index contributed by atoms with van der Waals surface area (Å²) in [6.45, 7) is 5.52. The molecule has 8 aromatic heterocycles. The molecular formula is C72H58BBrF8N10O10. The zero-order chi connectivity index (χ0) is 73.1. The van der Waals surface area contributed by atoms with E-state index in [1.807, 2.05) is 27.7 Å². The van der Waals surface area contributed by atoms with E-state index in [1.165, 1.54) is 136 Å². The number of pyridine rings is 6. The van der Waals surface area contributed by atoms with E-state index < -0.39 is 77.1 Å². The number of Topliss-reactive ketones (excluding diaryl/α,β-unsaturated/α-hetero) is 2. The van der Waals surface area contributed by atoms with Crippen molar-refractivity contribution in [1.29, 1.82) is 0 Å². The minimum atomic E-state index is -2.82. The maximum atomic E-state index is 15.3. The molecule has 1 aliphatic heterocycles. The van der Waals surface area contributed by atoms with Gasteiger partial charge in [-0.3, -0.25) is 29.1 Å². The minimum absolute atomic E-state index is 0.0740. The first kappa shape index (κ1) is 72.0. The quantitative estimate of drug-likeness (QED) is 0.0461. The molecule has 13 rings (SSSR count). The molecule has 0 aliphatic carbocycles. The Morgan fingerprint density at radius 1 is 0.569 bits per heavy atom. The van der Waals surface area contributed by atoms with Crippen LogP contribution in [-0.4, -0.2) is 93.6 Å². The molecule has 0 radical (unpaired) electrons. The summed E-state index contributed by atoms with van der Waals surface area (Å²) in [5.41, 5.74) is 3.65. The van der Waals surface area contributed by atoms with Crippen molar-refractivity contribution in [2.45, 2.75) is 78.7 Å². The number of methoxy groups -OCH3 is 2. The zero-order valence-electron chi connectivity index (χ0n) is 55.2. The average molecular weight is 1470 g/mol. The summed E-state index contributed by atoms with van der Waals surface area (Å²) >= 11 is 3.36. The molecule has 2 N–H and O–H groups in total. The Hall–Kier alpha value is -11.2. The van der Waals surface area contributed by atoms with Crippen molar-refractivity contribution < 1.29 is 73.0 Å². The molecule has 4 aromatic carbocycles. The number of hydrogen-bond donors (Lipinski definition) is 2. The van der Waals surface area contributed by atoms with Gasteiger partial charge >= 0.3 is 20.2 Å². The summed E-state index contributed by atoms with van der Waals surface area (Å²) in [7, 11) is 2.19. The zero-order valence-corrected chi connectivity index (χ0v) is 56.8. The third kappa shape index (κ3) is 15.5. The highest BCUT2D eigenvalue weighted by Crippen LogP contribution is 2.39. The summed E-state index contributed by atoms with van der Waals surface area (Å²) in [5, 5.41) is 7.21. The van der Waals surface area contributed by atoms with Crippen molar-refractivity contribution in [1.82, 2.24) is 49.5 Å². The van der Waals surface area contributed by atoms with Gasteiger partial charge in [-0.15, -0.1) is 0 Å². The van der Waals surface area contributed by atoms with E-state index in [0.29, 0.717) is 86.5 Å². The molecule has 0 bridgehead atoms. The largest absolute Gasteiger partial charge is 0.498 e. The number of H-pyrrole nitrogens is 2. The fraction of sp³-hybridized carbons (Fsp3) is 0.194. The Labute approximate surface area is 583 Å². The van der Waals surface area contributed by atoms with Crippen molar-refractivity contribution in [2.24, 2.45) is 0 Å². The van der Waals surface area contributed by atoms with Crippen LogP contribution in [0.25, 0.3) is 55.4 Å². The number of aromatic amines is 2. The predicted octanol–water partition coefficient (Wildman–Crippen LogP) is 15.2.